The van der Waals surface area contributed by atoms with E-state index in [9.17, 15) is 4.39 Å². The normalized spacial score (nSPS) is 10.7. The van der Waals surface area contributed by atoms with Crippen LogP contribution < -0.4 is 5.73 Å². The van der Waals surface area contributed by atoms with E-state index in [0.717, 1.165) is 22.7 Å². The zero-order valence-corrected chi connectivity index (χ0v) is 9.85. The lowest BCUT2D eigenvalue weighted by atomic mass is 10.1. The highest BCUT2D eigenvalue weighted by atomic mass is 32.1. The average Bonchev–Trinajstić information content (AvgIpc) is 2.61. The molecule has 0 saturated carbocycles. The molecule has 4 heteroatoms. The van der Waals surface area contributed by atoms with Crippen molar-refractivity contribution in [3.05, 3.63) is 40.0 Å². The van der Waals surface area contributed by atoms with Gasteiger partial charge in [0.1, 0.15) is 5.82 Å². The van der Waals surface area contributed by atoms with Crippen molar-refractivity contribution in [2.45, 2.75) is 13.3 Å². The summed E-state index contributed by atoms with van der Waals surface area (Å²) in [4.78, 5) is 5.64. The Hall–Kier alpha value is -1.26. The summed E-state index contributed by atoms with van der Waals surface area (Å²) in [7, 11) is 0. The average molecular weight is 236 g/mol. The van der Waals surface area contributed by atoms with E-state index in [1.165, 1.54) is 17.0 Å². The van der Waals surface area contributed by atoms with Crippen molar-refractivity contribution < 1.29 is 4.39 Å². The lowest BCUT2D eigenvalue weighted by Gasteiger charge is -2.00. The molecule has 84 valence electrons. The molecule has 0 fully saturated rings. The molecule has 1 aromatic carbocycles. The maximum Gasteiger partial charge on any atom is 0.123 e. The number of hydrogen-bond acceptors (Lipinski definition) is 3. The zero-order valence-electron chi connectivity index (χ0n) is 9.03. The number of aromatic nitrogens is 1. The maximum atomic E-state index is 12.8. The maximum absolute atomic E-state index is 12.8. The Labute approximate surface area is 97.9 Å². The Bertz CT molecular complexity index is 476. The Morgan fingerprint density at radius 1 is 1.31 bits per heavy atom. The molecule has 2 nitrogen and oxygen atoms in total. The number of thiazole rings is 1. The van der Waals surface area contributed by atoms with Gasteiger partial charge < -0.3 is 5.73 Å². The van der Waals surface area contributed by atoms with Gasteiger partial charge in [0, 0.05) is 10.4 Å². The zero-order chi connectivity index (χ0) is 11.5. The second-order valence-corrected chi connectivity index (χ2v) is 4.84. The minimum absolute atomic E-state index is 0.226. The highest BCUT2D eigenvalue weighted by Crippen LogP contribution is 2.28. The van der Waals surface area contributed by atoms with Crippen LogP contribution in [0.25, 0.3) is 11.3 Å². The summed E-state index contributed by atoms with van der Waals surface area (Å²) in [6.07, 6.45) is 0.818. The first kappa shape index (κ1) is 11.2. The van der Waals surface area contributed by atoms with Crippen molar-refractivity contribution in [1.29, 1.82) is 0 Å². The van der Waals surface area contributed by atoms with Gasteiger partial charge >= 0.3 is 0 Å². The Balaban J connectivity index is 2.42. The molecule has 0 unspecified atom stereocenters. The van der Waals surface area contributed by atoms with E-state index < -0.39 is 0 Å². The molecule has 0 bridgehead atoms. The molecule has 0 atom stereocenters. The van der Waals surface area contributed by atoms with E-state index in [0.29, 0.717) is 6.54 Å². The molecule has 0 saturated heterocycles. The number of hydrogen-bond donors (Lipinski definition) is 1. The fourth-order valence-corrected chi connectivity index (χ4v) is 2.58. The van der Waals surface area contributed by atoms with Crippen LogP contribution in [0.15, 0.2) is 24.3 Å². The standard InChI is InChI=1S/C12H13FN2S/c1-8-15-12(11(16-8)6-7-14)9-2-4-10(13)5-3-9/h2-5H,6-7,14H2,1H3. The number of halogens is 1. The van der Waals surface area contributed by atoms with Gasteiger partial charge in [-0.2, -0.15) is 0 Å². The van der Waals surface area contributed by atoms with Gasteiger partial charge in [-0.1, -0.05) is 0 Å². The smallest absolute Gasteiger partial charge is 0.123 e. The van der Waals surface area contributed by atoms with Gasteiger partial charge in [0.05, 0.1) is 10.7 Å². The van der Waals surface area contributed by atoms with Crippen LogP contribution in [0.5, 0.6) is 0 Å². The quantitative estimate of drug-likeness (QED) is 0.890. The summed E-state index contributed by atoms with van der Waals surface area (Å²) in [6, 6.07) is 6.42. The molecule has 2 aromatic rings. The van der Waals surface area contributed by atoms with Crippen LogP contribution in [0, 0.1) is 12.7 Å². The summed E-state index contributed by atoms with van der Waals surface area (Å²) in [6.45, 7) is 2.58. The van der Waals surface area contributed by atoms with Crippen LogP contribution in [-0.2, 0) is 6.42 Å². The number of aryl methyl sites for hydroxylation is 1. The van der Waals surface area contributed by atoms with Gasteiger partial charge in [-0.05, 0) is 44.2 Å². The van der Waals surface area contributed by atoms with E-state index >= 15 is 0 Å². The van der Waals surface area contributed by atoms with Crippen molar-refractivity contribution in [3.63, 3.8) is 0 Å². The second-order valence-electron chi connectivity index (χ2n) is 3.55. The third kappa shape index (κ3) is 2.28. The molecular formula is C12H13FN2S. The minimum atomic E-state index is -0.226. The first-order chi connectivity index (χ1) is 7.70. The van der Waals surface area contributed by atoms with Crippen molar-refractivity contribution >= 4 is 11.3 Å². The summed E-state index contributed by atoms with van der Waals surface area (Å²) < 4.78 is 12.8. The van der Waals surface area contributed by atoms with E-state index in [1.54, 1.807) is 23.5 Å². The molecule has 2 rings (SSSR count). The Kier molecular flexibility index (Phi) is 3.31. The number of nitrogens with two attached hydrogens (primary N) is 1. The Morgan fingerprint density at radius 3 is 2.62 bits per heavy atom. The molecule has 16 heavy (non-hydrogen) atoms. The van der Waals surface area contributed by atoms with Gasteiger partial charge in [0.25, 0.3) is 0 Å². The molecule has 0 aliphatic heterocycles. The van der Waals surface area contributed by atoms with Crippen LogP contribution in [0.1, 0.15) is 9.88 Å². The van der Waals surface area contributed by atoms with Crippen molar-refractivity contribution in [3.8, 4) is 11.3 Å². The molecule has 0 aliphatic carbocycles. The SMILES string of the molecule is Cc1nc(-c2ccc(F)cc2)c(CCN)s1. The summed E-state index contributed by atoms with van der Waals surface area (Å²) >= 11 is 1.65. The van der Waals surface area contributed by atoms with Crippen molar-refractivity contribution in [2.24, 2.45) is 5.73 Å². The molecule has 0 amide bonds. The second kappa shape index (κ2) is 4.72. The van der Waals surface area contributed by atoms with E-state index in [4.69, 9.17) is 5.73 Å². The predicted octanol–water partition coefficient (Wildman–Crippen LogP) is 2.76. The summed E-state index contributed by atoms with van der Waals surface area (Å²) in [5, 5.41) is 1.02. The first-order valence-electron chi connectivity index (χ1n) is 5.13. The number of nitrogens with zero attached hydrogens (tertiary/aromatic N) is 1. The fraction of sp³-hybridized carbons (Fsp3) is 0.250. The summed E-state index contributed by atoms with van der Waals surface area (Å²) in [5.74, 6) is -0.226. The van der Waals surface area contributed by atoms with Crippen LogP contribution in [0.4, 0.5) is 4.39 Å². The van der Waals surface area contributed by atoms with Gasteiger partial charge in [0.2, 0.25) is 0 Å². The van der Waals surface area contributed by atoms with Gasteiger partial charge in [0.15, 0.2) is 0 Å². The van der Waals surface area contributed by atoms with Gasteiger partial charge in [-0.15, -0.1) is 11.3 Å². The van der Waals surface area contributed by atoms with Crippen LogP contribution in [-0.4, -0.2) is 11.5 Å². The molecule has 1 heterocycles. The fourth-order valence-electron chi connectivity index (χ4n) is 1.60. The largest absolute Gasteiger partial charge is 0.330 e. The summed E-state index contributed by atoms with van der Waals surface area (Å²) in [5.41, 5.74) is 7.45. The first-order valence-corrected chi connectivity index (χ1v) is 5.94. The van der Waals surface area contributed by atoms with Crippen LogP contribution in [0.3, 0.4) is 0 Å². The Morgan fingerprint density at radius 2 is 2.00 bits per heavy atom. The highest BCUT2D eigenvalue weighted by Gasteiger charge is 2.10. The van der Waals surface area contributed by atoms with Crippen LogP contribution >= 0.6 is 11.3 Å². The third-order valence-electron chi connectivity index (χ3n) is 2.29. The topological polar surface area (TPSA) is 38.9 Å². The molecular weight excluding hydrogens is 223 g/mol. The van der Waals surface area contributed by atoms with Crippen molar-refractivity contribution in [1.82, 2.24) is 4.98 Å². The van der Waals surface area contributed by atoms with Crippen LogP contribution in [0.2, 0.25) is 0 Å². The van der Waals surface area contributed by atoms with Crippen molar-refractivity contribution in [2.75, 3.05) is 6.54 Å². The molecule has 0 spiro atoms. The lowest BCUT2D eigenvalue weighted by Crippen LogP contribution is -2.02. The van der Waals surface area contributed by atoms with Gasteiger partial charge in [-0.25, -0.2) is 9.37 Å². The predicted molar refractivity (Wildman–Crippen MR) is 65.0 cm³/mol. The van der Waals surface area contributed by atoms with E-state index in [2.05, 4.69) is 4.98 Å². The highest BCUT2D eigenvalue weighted by molar-refractivity contribution is 7.12. The molecule has 0 aliphatic rings. The molecule has 0 radical (unpaired) electrons. The monoisotopic (exact) mass is 236 g/mol. The van der Waals surface area contributed by atoms with E-state index in [1.807, 2.05) is 6.92 Å². The molecule has 1 aromatic heterocycles. The van der Waals surface area contributed by atoms with E-state index in [-0.39, 0.29) is 5.82 Å². The lowest BCUT2D eigenvalue weighted by molar-refractivity contribution is 0.628. The minimum Gasteiger partial charge on any atom is -0.330 e. The molecule has 2 N–H and O–H groups in total. The van der Waals surface area contributed by atoms with Gasteiger partial charge in [-0.3, -0.25) is 0 Å². The number of rotatable bonds is 3. The number of benzene rings is 1. The third-order valence-corrected chi connectivity index (χ3v) is 3.32.